The van der Waals surface area contributed by atoms with E-state index in [1.807, 2.05) is 38.6 Å². The Balaban J connectivity index is 2.72. The fourth-order valence-electron chi connectivity index (χ4n) is 1.50. The van der Waals surface area contributed by atoms with E-state index >= 15 is 0 Å². The summed E-state index contributed by atoms with van der Waals surface area (Å²) >= 11 is 0. The number of nitrogens with zero attached hydrogens (tertiary/aromatic N) is 2. The summed E-state index contributed by atoms with van der Waals surface area (Å²) in [6, 6.07) is 0. The molecule has 4 heteroatoms. The van der Waals surface area contributed by atoms with Crippen LogP contribution >= 0.6 is 0 Å². The van der Waals surface area contributed by atoms with Crippen molar-refractivity contribution in [2.75, 3.05) is 6.54 Å². The average molecular weight is 221 g/mol. The Bertz CT molecular complexity index is 405. The lowest BCUT2D eigenvalue weighted by Gasteiger charge is -1.98. The first-order valence-electron chi connectivity index (χ1n) is 5.52. The molecule has 0 radical (unpaired) electrons. The molecule has 1 heterocycles. The van der Waals surface area contributed by atoms with Gasteiger partial charge >= 0.3 is 0 Å². The molecule has 1 amide bonds. The Kier molecular flexibility index (Phi) is 4.28. The Labute approximate surface area is 96.3 Å². The molecule has 0 saturated heterocycles. The van der Waals surface area contributed by atoms with Gasteiger partial charge in [0.05, 0.1) is 5.69 Å². The van der Waals surface area contributed by atoms with Gasteiger partial charge in [-0.05, 0) is 26.3 Å². The van der Waals surface area contributed by atoms with E-state index in [2.05, 4.69) is 10.4 Å². The number of hydrogen-bond donors (Lipinski definition) is 1. The number of nitrogens with one attached hydrogen (secondary N) is 1. The maximum absolute atomic E-state index is 11.4. The second-order valence-corrected chi connectivity index (χ2v) is 3.83. The first kappa shape index (κ1) is 12.5. The summed E-state index contributed by atoms with van der Waals surface area (Å²) in [5.74, 6) is -0.0514. The Morgan fingerprint density at radius 2 is 2.19 bits per heavy atom. The summed E-state index contributed by atoms with van der Waals surface area (Å²) in [5, 5.41) is 7.08. The molecule has 0 aliphatic rings. The molecule has 16 heavy (non-hydrogen) atoms. The fourth-order valence-corrected chi connectivity index (χ4v) is 1.50. The van der Waals surface area contributed by atoms with Crippen molar-refractivity contribution in [1.82, 2.24) is 15.1 Å². The molecule has 1 N–H and O–H groups in total. The first-order chi connectivity index (χ1) is 7.56. The predicted octanol–water partition coefficient (Wildman–Crippen LogP) is 1.58. The minimum absolute atomic E-state index is 0.0514. The van der Waals surface area contributed by atoms with Crippen molar-refractivity contribution in [3.8, 4) is 0 Å². The number of amides is 1. The summed E-state index contributed by atoms with van der Waals surface area (Å²) in [7, 11) is 1.90. The van der Waals surface area contributed by atoms with E-state index in [1.165, 1.54) is 0 Å². The van der Waals surface area contributed by atoms with Gasteiger partial charge in [0.2, 0.25) is 5.91 Å². The summed E-state index contributed by atoms with van der Waals surface area (Å²) in [6.07, 6.45) is 4.33. The van der Waals surface area contributed by atoms with Crippen LogP contribution in [0.15, 0.2) is 6.08 Å². The van der Waals surface area contributed by atoms with Crippen LogP contribution in [-0.4, -0.2) is 22.2 Å². The second kappa shape index (κ2) is 5.49. The highest BCUT2D eigenvalue weighted by Gasteiger charge is 2.05. The maximum Gasteiger partial charge on any atom is 0.244 e. The molecule has 88 valence electrons. The Morgan fingerprint density at radius 1 is 1.50 bits per heavy atom. The third kappa shape index (κ3) is 2.95. The zero-order chi connectivity index (χ0) is 12.1. The molecule has 0 fully saturated rings. The molecule has 0 spiro atoms. The number of carbonyl (C=O) groups is 1. The van der Waals surface area contributed by atoms with Crippen LogP contribution in [0.25, 0.3) is 6.08 Å². The quantitative estimate of drug-likeness (QED) is 0.785. The topological polar surface area (TPSA) is 46.9 Å². The van der Waals surface area contributed by atoms with Gasteiger partial charge in [-0.1, -0.05) is 6.92 Å². The van der Waals surface area contributed by atoms with E-state index in [0.29, 0.717) is 6.54 Å². The highest BCUT2D eigenvalue weighted by molar-refractivity contribution is 5.91. The molecule has 4 nitrogen and oxygen atoms in total. The highest BCUT2D eigenvalue weighted by atomic mass is 16.1. The van der Waals surface area contributed by atoms with Crippen molar-refractivity contribution in [1.29, 1.82) is 0 Å². The second-order valence-electron chi connectivity index (χ2n) is 3.83. The maximum atomic E-state index is 11.4. The summed E-state index contributed by atoms with van der Waals surface area (Å²) < 4.78 is 1.82. The Hall–Kier alpha value is -1.58. The lowest BCUT2D eigenvalue weighted by atomic mass is 10.2. The molecular formula is C12H19N3O. The molecule has 0 aliphatic carbocycles. The van der Waals surface area contributed by atoms with Crippen molar-refractivity contribution in [2.24, 2.45) is 7.05 Å². The van der Waals surface area contributed by atoms with Crippen LogP contribution in [0, 0.1) is 13.8 Å². The van der Waals surface area contributed by atoms with Crippen molar-refractivity contribution >= 4 is 12.0 Å². The minimum atomic E-state index is -0.0514. The van der Waals surface area contributed by atoms with Crippen molar-refractivity contribution in [3.05, 3.63) is 23.0 Å². The number of aryl methyl sites for hydroxylation is 2. The molecule has 1 rings (SSSR count). The van der Waals surface area contributed by atoms with Crippen LogP contribution in [0.3, 0.4) is 0 Å². The SMILES string of the molecule is CCCNC(=O)C=Cc1c(C)nn(C)c1C. The molecule has 0 bridgehead atoms. The molecule has 0 unspecified atom stereocenters. The molecule has 1 aromatic heterocycles. The molecule has 0 aromatic carbocycles. The van der Waals surface area contributed by atoms with E-state index in [1.54, 1.807) is 6.08 Å². The van der Waals surface area contributed by atoms with Crippen molar-refractivity contribution in [3.63, 3.8) is 0 Å². The van der Waals surface area contributed by atoms with Gasteiger partial charge in [-0.25, -0.2) is 0 Å². The van der Waals surface area contributed by atoms with Crippen LogP contribution in [0.1, 0.15) is 30.3 Å². The lowest BCUT2D eigenvalue weighted by Crippen LogP contribution is -2.21. The van der Waals surface area contributed by atoms with E-state index in [4.69, 9.17) is 0 Å². The van der Waals surface area contributed by atoms with E-state index in [-0.39, 0.29) is 5.91 Å². The van der Waals surface area contributed by atoms with E-state index in [9.17, 15) is 4.79 Å². The number of carbonyl (C=O) groups excluding carboxylic acids is 1. The Morgan fingerprint density at radius 3 is 2.69 bits per heavy atom. The predicted molar refractivity (Wildman–Crippen MR) is 65.0 cm³/mol. The third-order valence-corrected chi connectivity index (χ3v) is 2.52. The summed E-state index contributed by atoms with van der Waals surface area (Å²) in [5.41, 5.74) is 3.03. The van der Waals surface area contributed by atoms with Crippen LogP contribution in [0.4, 0.5) is 0 Å². The zero-order valence-corrected chi connectivity index (χ0v) is 10.4. The van der Waals surface area contributed by atoms with Gasteiger partial charge < -0.3 is 5.32 Å². The third-order valence-electron chi connectivity index (χ3n) is 2.52. The normalized spacial score (nSPS) is 11.0. The van der Waals surface area contributed by atoms with Gasteiger partial charge in [0.25, 0.3) is 0 Å². The standard InChI is InChI=1S/C12H19N3O/c1-5-8-13-12(16)7-6-11-9(2)14-15(4)10(11)3/h6-7H,5,8H2,1-4H3,(H,13,16). The van der Waals surface area contributed by atoms with E-state index < -0.39 is 0 Å². The van der Waals surface area contributed by atoms with Crippen LogP contribution in [-0.2, 0) is 11.8 Å². The van der Waals surface area contributed by atoms with E-state index in [0.717, 1.165) is 23.4 Å². The van der Waals surface area contributed by atoms with Gasteiger partial charge in [0.1, 0.15) is 0 Å². The number of hydrogen-bond acceptors (Lipinski definition) is 2. The highest BCUT2D eigenvalue weighted by Crippen LogP contribution is 2.13. The zero-order valence-electron chi connectivity index (χ0n) is 10.4. The minimum Gasteiger partial charge on any atom is -0.353 e. The van der Waals surface area contributed by atoms with Gasteiger partial charge in [0.15, 0.2) is 0 Å². The van der Waals surface area contributed by atoms with Crippen LogP contribution < -0.4 is 5.32 Å². The molecule has 0 atom stereocenters. The smallest absolute Gasteiger partial charge is 0.244 e. The molecular weight excluding hydrogens is 202 g/mol. The number of rotatable bonds is 4. The summed E-state index contributed by atoms with van der Waals surface area (Å²) in [4.78, 5) is 11.4. The fraction of sp³-hybridized carbons (Fsp3) is 0.500. The first-order valence-corrected chi connectivity index (χ1v) is 5.52. The molecule has 0 saturated carbocycles. The summed E-state index contributed by atoms with van der Waals surface area (Å²) in [6.45, 7) is 6.67. The average Bonchev–Trinajstić information content (AvgIpc) is 2.48. The van der Waals surface area contributed by atoms with Gasteiger partial charge in [-0.15, -0.1) is 0 Å². The number of aromatic nitrogens is 2. The monoisotopic (exact) mass is 221 g/mol. The van der Waals surface area contributed by atoms with Crippen LogP contribution in [0.2, 0.25) is 0 Å². The van der Waals surface area contributed by atoms with Crippen molar-refractivity contribution < 1.29 is 4.79 Å². The van der Waals surface area contributed by atoms with Crippen molar-refractivity contribution in [2.45, 2.75) is 27.2 Å². The largest absolute Gasteiger partial charge is 0.353 e. The van der Waals surface area contributed by atoms with Gasteiger partial charge in [-0.3, -0.25) is 9.48 Å². The van der Waals surface area contributed by atoms with Gasteiger partial charge in [0, 0.05) is 30.9 Å². The lowest BCUT2D eigenvalue weighted by molar-refractivity contribution is -0.116. The molecule has 1 aromatic rings. The van der Waals surface area contributed by atoms with Gasteiger partial charge in [-0.2, -0.15) is 5.10 Å². The molecule has 0 aliphatic heterocycles. The van der Waals surface area contributed by atoms with Crippen LogP contribution in [0.5, 0.6) is 0 Å².